The molecule has 1 aromatic carbocycles. The minimum absolute atomic E-state index is 0.0506. The van der Waals surface area contributed by atoms with Crippen LogP contribution < -0.4 is 10.6 Å². The van der Waals surface area contributed by atoms with Gasteiger partial charge in [-0.1, -0.05) is 6.92 Å². The number of aromatic carboxylic acids is 1. The van der Waals surface area contributed by atoms with E-state index in [0.717, 1.165) is 0 Å². The zero-order chi connectivity index (χ0) is 26.5. The van der Waals surface area contributed by atoms with Gasteiger partial charge in [0.25, 0.3) is 0 Å². The summed E-state index contributed by atoms with van der Waals surface area (Å²) < 4.78 is 12.1. The molecule has 11 nitrogen and oxygen atoms in total. The summed E-state index contributed by atoms with van der Waals surface area (Å²) in [5.41, 5.74) is 0.0455. The van der Waals surface area contributed by atoms with E-state index in [1.165, 1.54) is 48.0 Å². The van der Waals surface area contributed by atoms with Crippen LogP contribution in [-0.2, 0) is 25.2 Å². The molecule has 2 amide bonds. The van der Waals surface area contributed by atoms with Gasteiger partial charge in [0.2, 0.25) is 11.8 Å². The van der Waals surface area contributed by atoms with Crippen molar-refractivity contribution in [1.29, 1.82) is 0 Å². The van der Waals surface area contributed by atoms with Crippen LogP contribution in [0.4, 0.5) is 5.69 Å². The molecule has 5 N–H and O–H groups in total. The van der Waals surface area contributed by atoms with Crippen LogP contribution >= 0.6 is 11.8 Å². The van der Waals surface area contributed by atoms with Crippen molar-refractivity contribution >= 4 is 52.0 Å². The molecule has 7 unspecified atom stereocenters. The molecule has 36 heavy (non-hydrogen) atoms. The molecule has 3 heterocycles. The van der Waals surface area contributed by atoms with Crippen LogP contribution in [0, 0.1) is 11.8 Å². The van der Waals surface area contributed by atoms with Crippen LogP contribution in [-0.4, -0.2) is 84.4 Å². The predicted octanol–water partition coefficient (Wildman–Crippen LogP) is 0.678. The number of hydrogen-bond acceptors (Lipinski definition) is 8. The molecule has 0 radical (unpaired) electrons. The van der Waals surface area contributed by atoms with Gasteiger partial charge >= 0.3 is 11.9 Å². The van der Waals surface area contributed by atoms with Crippen molar-refractivity contribution < 1.29 is 38.7 Å². The number of nitrogens with one attached hydrogen (secondary N) is 2. The molecule has 4 rings (SSSR count). The van der Waals surface area contributed by atoms with E-state index in [2.05, 4.69) is 10.6 Å². The Bertz CT molecular complexity index is 1200. The van der Waals surface area contributed by atoms with E-state index in [-0.39, 0.29) is 28.1 Å². The predicted molar refractivity (Wildman–Crippen MR) is 132 cm³/mol. The van der Waals surface area contributed by atoms with Crippen molar-refractivity contribution in [3.63, 3.8) is 0 Å². The lowest BCUT2D eigenvalue weighted by Crippen LogP contribution is -2.63. The molecule has 1 aromatic rings. The van der Waals surface area contributed by atoms with Gasteiger partial charge in [-0.25, -0.2) is 9.59 Å². The third-order valence-electron chi connectivity index (χ3n) is 6.81. The minimum Gasteiger partial charge on any atom is -0.478 e. The number of thioether (sulfide) groups is 1. The maximum Gasteiger partial charge on any atom is 0.353 e. The summed E-state index contributed by atoms with van der Waals surface area (Å²) in [6.45, 7) is 3.77. The van der Waals surface area contributed by atoms with Gasteiger partial charge in [-0.05, 0) is 31.5 Å². The molecule has 0 spiro atoms. The fourth-order valence-electron chi connectivity index (χ4n) is 5.08. The third kappa shape index (κ3) is 4.56. The van der Waals surface area contributed by atoms with Gasteiger partial charge in [0.05, 0.1) is 51.1 Å². The Morgan fingerprint density at radius 2 is 1.94 bits per heavy atom. The fraction of sp³-hybridized carbons (Fsp3) is 0.478. The van der Waals surface area contributed by atoms with Crippen molar-refractivity contribution in [3.05, 3.63) is 34.4 Å². The highest BCUT2D eigenvalue weighted by Crippen LogP contribution is 2.51. The summed E-state index contributed by atoms with van der Waals surface area (Å²) in [5.74, 6) is -4.12. The summed E-state index contributed by atoms with van der Waals surface area (Å²) in [4.78, 5) is 50.9. The molecule has 2 fully saturated rings. The van der Waals surface area contributed by atoms with Crippen molar-refractivity contribution in [2.45, 2.75) is 48.6 Å². The second kappa shape index (κ2) is 9.96. The van der Waals surface area contributed by atoms with E-state index < -0.39 is 58.7 Å². The van der Waals surface area contributed by atoms with Gasteiger partial charge in [0, 0.05) is 28.9 Å². The summed E-state index contributed by atoms with van der Waals surface area (Å²) in [6, 6.07) is 2.95. The van der Waals surface area contributed by atoms with Crippen molar-refractivity contribution in [3.8, 4) is 0 Å². The number of carboxylic acid groups (broad SMARTS) is 2. The largest absolute Gasteiger partial charge is 0.478 e. The Hall–Kier alpha value is -2.74. The first-order valence-electron chi connectivity index (χ1n) is 11.3. The van der Waals surface area contributed by atoms with Gasteiger partial charge < -0.3 is 30.9 Å². The lowest BCUT2D eigenvalue weighted by molar-refractivity contribution is -0.163. The molecule has 13 heteroatoms. The number of aliphatic hydroxyl groups is 1. The molecule has 0 aromatic heterocycles. The molecule has 2 saturated heterocycles. The standard InChI is InChI=1S/C23H27N3O8S2/c1-9-17-16(10(2)27)21(29)26(17)18(23(32)33)19(9)35-12-7-14(24-8-12)20(28)25-13-6-11(22(30)31)4-5-15(13)36(3)34/h4-6,9-10,12,14,16-17,24,27H,7-8H2,1-3H3,(H,25,28)(H,30,31)(H,32,33). The first kappa shape index (κ1) is 26.3. The van der Waals surface area contributed by atoms with Crippen LogP contribution in [0.1, 0.15) is 30.6 Å². The van der Waals surface area contributed by atoms with Crippen molar-refractivity contribution in [1.82, 2.24) is 10.2 Å². The van der Waals surface area contributed by atoms with Gasteiger partial charge in [-0.2, -0.15) is 0 Å². The summed E-state index contributed by atoms with van der Waals surface area (Å²) in [5, 5.41) is 34.7. The molecule has 0 bridgehead atoms. The lowest BCUT2D eigenvalue weighted by Gasteiger charge is -2.46. The number of benzene rings is 1. The number of fused-ring (bicyclic) bond motifs is 1. The highest BCUT2D eigenvalue weighted by Gasteiger charge is 2.60. The van der Waals surface area contributed by atoms with Crippen LogP contribution in [0.5, 0.6) is 0 Å². The lowest BCUT2D eigenvalue weighted by atomic mass is 9.79. The maximum atomic E-state index is 12.9. The average Bonchev–Trinajstić information content (AvgIpc) is 3.35. The molecule has 3 aliphatic rings. The number of carbonyl (C=O) groups excluding carboxylic acids is 2. The molecule has 0 saturated carbocycles. The van der Waals surface area contributed by atoms with Crippen molar-refractivity contribution in [2.24, 2.45) is 11.8 Å². The Balaban J connectivity index is 1.47. The highest BCUT2D eigenvalue weighted by molar-refractivity contribution is 8.03. The molecular weight excluding hydrogens is 510 g/mol. The molecular formula is C23H27N3O8S2. The highest BCUT2D eigenvalue weighted by atomic mass is 32.2. The van der Waals surface area contributed by atoms with E-state index in [0.29, 0.717) is 22.8 Å². The molecule has 194 valence electrons. The first-order valence-corrected chi connectivity index (χ1v) is 13.8. The number of carboxylic acids is 2. The second-order valence-electron chi connectivity index (χ2n) is 9.17. The molecule has 0 aliphatic carbocycles. The summed E-state index contributed by atoms with van der Waals surface area (Å²) >= 11 is 1.32. The number of anilines is 1. The third-order valence-corrected chi connectivity index (χ3v) is 9.29. The SMILES string of the molecule is CC(O)C1C(=O)N2C(C(=O)O)=C(SC3CNC(C(=O)Nc4cc(C(=O)O)ccc4S(C)=O)C3)C(C)C12. The number of carbonyl (C=O) groups is 4. The Morgan fingerprint density at radius 1 is 1.25 bits per heavy atom. The fourth-order valence-corrected chi connectivity index (χ4v) is 7.24. The summed E-state index contributed by atoms with van der Waals surface area (Å²) in [7, 11) is -1.46. The topological polar surface area (TPSA) is 173 Å². The van der Waals surface area contributed by atoms with Crippen LogP contribution in [0.2, 0.25) is 0 Å². The summed E-state index contributed by atoms with van der Waals surface area (Å²) in [6.07, 6.45) is 0.906. The number of aliphatic hydroxyl groups excluding tert-OH is 1. The maximum absolute atomic E-state index is 12.9. The second-order valence-corrected chi connectivity index (χ2v) is 11.9. The van der Waals surface area contributed by atoms with E-state index in [1.54, 1.807) is 0 Å². The number of nitrogens with zero attached hydrogens (tertiary/aromatic N) is 1. The Labute approximate surface area is 213 Å². The normalized spacial score (nSPS) is 28.9. The zero-order valence-electron chi connectivity index (χ0n) is 19.8. The Kier molecular flexibility index (Phi) is 7.28. The van der Waals surface area contributed by atoms with E-state index in [9.17, 15) is 38.7 Å². The van der Waals surface area contributed by atoms with Crippen LogP contribution in [0.15, 0.2) is 33.7 Å². The van der Waals surface area contributed by atoms with E-state index >= 15 is 0 Å². The first-order chi connectivity index (χ1) is 16.9. The van der Waals surface area contributed by atoms with Gasteiger partial charge in [0.15, 0.2) is 0 Å². The molecule has 7 atom stereocenters. The number of rotatable bonds is 8. The minimum atomic E-state index is -1.46. The van der Waals surface area contributed by atoms with Gasteiger partial charge in [-0.15, -0.1) is 11.8 Å². The smallest absolute Gasteiger partial charge is 0.353 e. The monoisotopic (exact) mass is 537 g/mol. The van der Waals surface area contributed by atoms with E-state index in [1.807, 2.05) is 6.92 Å². The number of hydrogen-bond donors (Lipinski definition) is 5. The van der Waals surface area contributed by atoms with Crippen LogP contribution in [0.25, 0.3) is 0 Å². The van der Waals surface area contributed by atoms with Gasteiger partial charge in [0.1, 0.15) is 5.70 Å². The quantitative estimate of drug-likeness (QED) is 0.297. The van der Waals surface area contributed by atoms with Crippen molar-refractivity contribution in [2.75, 3.05) is 18.1 Å². The molecule has 3 aliphatic heterocycles. The number of aliphatic carboxylic acids is 1. The average molecular weight is 538 g/mol. The Morgan fingerprint density at radius 3 is 2.53 bits per heavy atom. The van der Waals surface area contributed by atoms with Crippen LogP contribution in [0.3, 0.4) is 0 Å². The zero-order valence-corrected chi connectivity index (χ0v) is 21.4. The number of amides is 2. The van der Waals surface area contributed by atoms with Gasteiger partial charge in [-0.3, -0.25) is 13.8 Å². The van der Waals surface area contributed by atoms with E-state index in [4.69, 9.17) is 0 Å². The number of β-lactam (4-membered cyclic amide) rings is 1.